The van der Waals surface area contributed by atoms with Gasteiger partial charge in [-0.3, -0.25) is 0 Å². The van der Waals surface area contributed by atoms with Gasteiger partial charge in [0, 0.05) is 10.5 Å². The Bertz CT molecular complexity index is 1410. The first-order chi connectivity index (χ1) is 19.7. The van der Waals surface area contributed by atoms with Crippen molar-refractivity contribution in [2.24, 2.45) is 0 Å². The van der Waals surface area contributed by atoms with E-state index >= 15 is 0 Å². The molecular weight excluding hydrogens is 516 g/mol. The summed E-state index contributed by atoms with van der Waals surface area (Å²) in [5.74, 6) is 0. The highest BCUT2D eigenvalue weighted by atomic mass is 32.2. The fraction of sp³-hybridized carbons (Fsp3) is 0.257. The Morgan fingerprint density at radius 3 is 1.93 bits per heavy atom. The van der Waals surface area contributed by atoms with Gasteiger partial charge in [0.2, 0.25) is 0 Å². The van der Waals surface area contributed by atoms with Crippen LogP contribution >= 0.6 is 11.8 Å². The van der Waals surface area contributed by atoms with E-state index in [0.29, 0.717) is 26.4 Å². The van der Waals surface area contributed by atoms with Gasteiger partial charge in [-0.05, 0) is 40.8 Å². The van der Waals surface area contributed by atoms with E-state index in [-0.39, 0.29) is 23.7 Å². The van der Waals surface area contributed by atoms with Gasteiger partial charge < -0.3 is 18.9 Å². The molecule has 0 amide bonds. The summed E-state index contributed by atoms with van der Waals surface area (Å²) >= 11 is 1.76. The van der Waals surface area contributed by atoms with Gasteiger partial charge in [0.05, 0.1) is 26.4 Å². The molecule has 4 aromatic rings. The van der Waals surface area contributed by atoms with Crippen LogP contribution in [0.3, 0.4) is 0 Å². The minimum Gasteiger partial charge on any atom is -0.374 e. The maximum atomic E-state index is 6.79. The van der Waals surface area contributed by atoms with Crippen LogP contribution in [0.4, 0.5) is 0 Å². The van der Waals surface area contributed by atoms with Crippen molar-refractivity contribution in [2.45, 2.75) is 55.4 Å². The monoisotopic (exact) mass is 550 g/mol. The molecule has 40 heavy (non-hydrogen) atoms. The van der Waals surface area contributed by atoms with Gasteiger partial charge in [0.25, 0.3) is 0 Å². The zero-order valence-corrected chi connectivity index (χ0v) is 23.5. The second kappa shape index (κ2) is 13.0. The minimum atomic E-state index is -0.339. The summed E-state index contributed by atoms with van der Waals surface area (Å²) in [5, 5.41) is 0. The van der Waals surface area contributed by atoms with E-state index in [1.54, 1.807) is 11.8 Å². The summed E-state index contributed by atoms with van der Waals surface area (Å²) in [6.07, 6.45) is 1.33. The first kappa shape index (κ1) is 27.0. The fourth-order valence-corrected chi connectivity index (χ4v) is 6.50. The molecule has 0 aromatic heterocycles. The van der Waals surface area contributed by atoms with Crippen molar-refractivity contribution < 1.29 is 18.9 Å². The normalized spacial score (nSPS) is 21.8. The summed E-state index contributed by atoms with van der Waals surface area (Å²) in [5.41, 5.74) is 6.77. The van der Waals surface area contributed by atoms with Crippen molar-refractivity contribution in [1.29, 1.82) is 0 Å². The van der Waals surface area contributed by atoms with Crippen LogP contribution in [0.1, 0.15) is 27.8 Å². The first-order valence-electron chi connectivity index (χ1n) is 13.8. The Kier molecular flexibility index (Phi) is 8.77. The van der Waals surface area contributed by atoms with E-state index in [4.69, 9.17) is 18.9 Å². The molecule has 0 spiro atoms. The highest BCUT2D eigenvalue weighted by molar-refractivity contribution is 8.00. The highest BCUT2D eigenvalue weighted by Gasteiger charge is 2.46. The lowest BCUT2D eigenvalue weighted by Gasteiger charge is -2.44. The summed E-state index contributed by atoms with van der Waals surface area (Å²) in [6.45, 7) is 4.04. The van der Waals surface area contributed by atoms with Crippen LogP contribution in [0.2, 0.25) is 0 Å². The molecule has 1 fully saturated rings. The molecule has 4 aromatic carbocycles. The van der Waals surface area contributed by atoms with Crippen molar-refractivity contribution in [3.8, 4) is 0 Å². The maximum absolute atomic E-state index is 6.79. The van der Waals surface area contributed by atoms with Crippen LogP contribution in [0.15, 0.2) is 120 Å². The summed E-state index contributed by atoms with van der Waals surface area (Å²) < 4.78 is 26.4. The predicted molar refractivity (Wildman–Crippen MR) is 160 cm³/mol. The van der Waals surface area contributed by atoms with Crippen LogP contribution in [0, 0.1) is 6.92 Å². The van der Waals surface area contributed by atoms with Gasteiger partial charge in [0.15, 0.2) is 0 Å². The van der Waals surface area contributed by atoms with E-state index in [1.165, 1.54) is 16.0 Å². The lowest BCUT2D eigenvalue weighted by Crippen LogP contribution is -2.53. The molecule has 0 saturated carbocycles. The highest BCUT2D eigenvalue weighted by Crippen LogP contribution is 2.46. The molecule has 0 aliphatic carbocycles. The Hall–Kier alpha value is -3.19. The summed E-state index contributed by atoms with van der Waals surface area (Å²) in [4.78, 5) is 1.26. The Labute approximate surface area is 240 Å². The number of benzene rings is 4. The number of thioether (sulfide) groups is 1. The third-order valence-corrected chi connectivity index (χ3v) is 8.70. The smallest absolute Gasteiger partial charge is 0.132 e. The van der Waals surface area contributed by atoms with Crippen LogP contribution in [0.5, 0.6) is 0 Å². The molecule has 2 aliphatic heterocycles. The van der Waals surface area contributed by atoms with Crippen LogP contribution in [-0.4, -0.2) is 30.4 Å². The van der Waals surface area contributed by atoms with Crippen molar-refractivity contribution in [3.05, 3.63) is 143 Å². The van der Waals surface area contributed by atoms with Gasteiger partial charge in [-0.2, -0.15) is 0 Å². The standard InChI is InChI=1S/C35H34O4S/c1-25-12-11-19-29-20-30-32(37-22-27-15-7-3-8-16-27)33(38-23-28-17-9-4-10-18-28)31(39-35(30)40-34(25)29)24-36-21-26-13-5-2-6-14-26/h2-20,31-33,35H,21-24H2,1H3/t31-,32-,33-,35+/m1/s1. The quantitative estimate of drug-likeness (QED) is 0.203. The van der Waals surface area contributed by atoms with E-state index in [0.717, 1.165) is 22.3 Å². The molecule has 5 heteroatoms. The molecule has 204 valence electrons. The number of aryl methyl sites for hydroxylation is 1. The largest absolute Gasteiger partial charge is 0.374 e. The number of rotatable bonds is 10. The molecule has 2 heterocycles. The van der Waals surface area contributed by atoms with E-state index < -0.39 is 0 Å². The molecule has 0 N–H and O–H groups in total. The van der Waals surface area contributed by atoms with Crippen molar-refractivity contribution in [2.75, 3.05) is 6.61 Å². The van der Waals surface area contributed by atoms with Crippen molar-refractivity contribution >= 4 is 17.8 Å². The van der Waals surface area contributed by atoms with Gasteiger partial charge in [-0.15, -0.1) is 0 Å². The molecule has 4 atom stereocenters. The maximum Gasteiger partial charge on any atom is 0.132 e. The second-order valence-electron chi connectivity index (χ2n) is 10.2. The molecular formula is C35H34O4S. The fourth-order valence-electron chi connectivity index (χ4n) is 5.23. The predicted octanol–water partition coefficient (Wildman–Crippen LogP) is 7.60. The number of hydrogen-bond donors (Lipinski definition) is 0. The second-order valence-corrected chi connectivity index (χ2v) is 11.3. The van der Waals surface area contributed by atoms with Gasteiger partial charge in [-0.25, -0.2) is 0 Å². The van der Waals surface area contributed by atoms with Crippen LogP contribution < -0.4 is 0 Å². The Morgan fingerprint density at radius 2 is 1.27 bits per heavy atom. The Morgan fingerprint density at radius 1 is 0.675 bits per heavy atom. The third-order valence-electron chi connectivity index (χ3n) is 7.30. The molecule has 0 bridgehead atoms. The minimum absolute atomic E-state index is 0.170. The lowest BCUT2D eigenvalue weighted by molar-refractivity contribution is -0.181. The summed E-state index contributed by atoms with van der Waals surface area (Å²) in [6, 6.07) is 37.3. The number of ether oxygens (including phenoxy) is 4. The van der Waals surface area contributed by atoms with Gasteiger partial charge >= 0.3 is 0 Å². The average Bonchev–Trinajstić information content (AvgIpc) is 3.00. The summed E-state index contributed by atoms with van der Waals surface area (Å²) in [7, 11) is 0. The van der Waals surface area contributed by atoms with E-state index in [2.05, 4.69) is 67.6 Å². The molecule has 0 radical (unpaired) electrons. The topological polar surface area (TPSA) is 36.9 Å². The van der Waals surface area contributed by atoms with Gasteiger partial charge in [0.1, 0.15) is 23.7 Å². The molecule has 4 nitrogen and oxygen atoms in total. The molecule has 6 rings (SSSR count). The van der Waals surface area contributed by atoms with Crippen molar-refractivity contribution in [1.82, 2.24) is 0 Å². The molecule has 2 aliphatic rings. The molecule has 1 saturated heterocycles. The van der Waals surface area contributed by atoms with E-state index in [9.17, 15) is 0 Å². The molecule has 0 unspecified atom stereocenters. The zero-order valence-electron chi connectivity index (χ0n) is 22.6. The number of fused-ring (bicyclic) bond motifs is 2. The number of hydrogen-bond acceptors (Lipinski definition) is 5. The first-order valence-corrected chi connectivity index (χ1v) is 14.7. The van der Waals surface area contributed by atoms with Crippen LogP contribution in [0.25, 0.3) is 6.08 Å². The zero-order chi connectivity index (χ0) is 27.1. The average molecular weight is 551 g/mol. The van der Waals surface area contributed by atoms with Crippen LogP contribution in [-0.2, 0) is 38.8 Å². The Balaban J connectivity index is 1.30. The van der Waals surface area contributed by atoms with Crippen molar-refractivity contribution in [3.63, 3.8) is 0 Å². The third kappa shape index (κ3) is 6.41. The van der Waals surface area contributed by atoms with E-state index in [1.807, 2.05) is 54.6 Å². The van der Waals surface area contributed by atoms with Gasteiger partial charge in [-0.1, -0.05) is 121 Å². The SMILES string of the molecule is Cc1cccc2c1S[C@@H]1O[C@H](COCc3ccccc3)[C@@H](OCc3ccccc3)[C@H](OCc3ccccc3)C1=C2. The lowest BCUT2D eigenvalue weighted by atomic mass is 9.94.